The summed E-state index contributed by atoms with van der Waals surface area (Å²) in [4.78, 5) is 22.5. The van der Waals surface area contributed by atoms with Gasteiger partial charge in [-0.05, 0) is 42.8 Å². The molecule has 1 aromatic heterocycles. The van der Waals surface area contributed by atoms with Gasteiger partial charge in [0.15, 0.2) is 17.6 Å². The van der Waals surface area contributed by atoms with Crippen LogP contribution in [-0.4, -0.2) is 63.2 Å². The lowest BCUT2D eigenvalue weighted by Crippen LogP contribution is -2.46. The fourth-order valence-corrected chi connectivity index (χ4v) is 3.27. The number of nitrogens with zero attached hydrogens (tertiary/aromatic N) is 3. The highest BCUT2D eigenvalue weighted by Crippen LogP contribution is 2.20. The molecule has 1 unspecified atom stereocenters. The van der Waals surface area contributed by atoms with Gasteiger partial charge in [0.1, 0.15) is 5.75 Å². The minimum atomic E-state index is -0.312. The number of hydrogen-bond donors (Lipinski definition) is 3. The number of carbonyl (C=O) groups excluding carboxylic acids is 1. The maximum Gasteiger partial charge on any atom is 0.251 e. The number of halogens is 1. The Morgan fingerprint density at radius 1 is 1.27 bits per heavy atom. The number of guanidine groups is 1. The highest BCUT2D eigenvalue weighted by Gasteiger charge is 2.25. The van der Waals surface area contributed by atoms with Gasteiger partial charge >= 0.3 is 0 Å². The molecule has 0 bridgehead atoms. The van der Waals surface area contributed by atoms with Crippen LogP contribution in [0.15, 0.2) is 47.6 Å². The van der Waals surface area contributed by atoms with Crippen molar-refractivity contribution in [1.29, 1.82) is 0 Å². The van der Waals surface area contributed by atoms with Gasteiger partial charge in [0, 0.05) is 51.0 Å². The lowest BCUT2D eigenvalue weighted by atomic mass is 10.2. The lowest BCUT2D eigenvalue weighted by Gasteiger charge is -2.20. The molecule has 1 atom stereocenters. The van der Waals surface area contributed by atoms with Crippen LogP contribution in [0.25, 0.3) is 0 Å². The molecule has 0 saturated carbocycles. The highest BCUT2D eigenvalue weighted by atomic mass is 19.1. The summed E-state index contributed by atoms with van der Waals surface area (Å²) >= 11 is 0. The predicted octanol–water partition coefficient (Wildman–Crippen LogP) is 1.40. The standard InChI is InChI=1S/C21H27FN6O2/c1-23-21(26-12-11-25-20(29)15-5-7-17(30-2)8-6-15)27-16-9-13-28(14-16)19-18(22)4-3-10-24-19/h3-8,10,16H,9,11-14H2,1-2H3,(H,25,29)(H2,23,26,27). The van der Waals surface area contributed by atoms with E-state index in [2.05, 4.69) is 25.9 Å². The summed E-state index contributed by atoms with van der Waals surface area (Å²) in [7, 11) is 3.28. The van der Waals surface area contributed by atoms with Crippen LogP contribution in [0.4, 0.5) is 10.2 Å². The quantitative estimate of drug-likeness (QED) is 0.361. The van der Waals surface area contributed by atoms with Crippen molar-refractivity contribution in [3.8, 4) is 5.75 Å². The summed E-state index contributed by atoms with van der Waals surface area (Å²) in [6.45, 7) is 2.33. The highest BCUT2D eigenvalue weighted by molar-refractivity contribution is 5.94. The van der Waals surface area contributed by atoms with E-state index in [1.807, 2.05) is 4.90 Å². The molecule has 1 amide bonds. The maximum atomic E-state index is 13.9. The van der Waals surface area contributed by atoms with E-state index in [0.717, 1.165) is 13.0 Å². The van der Waals surface area contributed by atoms with Gasteiger partial charge in [0.25, 0.3) is 5.91 Å². The van der Waals surface area contributed by atoms with Gasteiger partial charge in [-0.2, -0.15) is 0 Å². The monoisotopic (exact) mass is 414 g/mol. The second kappa shape index (κ2) is 10.4. The molecule has 8 nitrogen and oxygen atoms in total. The van der Waals surface area contributed by atoms with Crippen LogP contribution in [0.1, 0.15) is 16.8 Å². The minimum absolute atomic E-state index is 0.131. The number of methoxy groups -OCH3 is 1. The molecule has 1 aromatic carbocycles. The second-order valence-electron chi connectivity index (χ2n) is 6.87. The molecule has 0 aliphatic carbocycles. The molecule has 1 aliphatic rings. The number of hydrogen-bond acceptors (Lipinski definition) is 5. The predicted molar refractivity (Wildman–Crippen MR) is 115 cm³/mol. The van der Waals surface area contributed by atoms with Gasteiger partial charge in [-0.3, -0.25) is 9.79 Å². The molecular formula is C21H27FN6O2. The van der Waals surface area contributed by atoms with Crippen LogP contribution < -0.4 is 25.6 Å². The number of carbonyl (C=O) groups is 1. The number of benzene rings is 1. The fourth-order valence-electron chi connectivity index (χ4n) is 3.27. The van der Waals surface area contributed by atoms with Crippen molar-refractivity contribution in [2.24, 2.45) is 4.99 Å². The topological polar surface area (TPSA) is 90.9 Å². The summed E-state index contributed by atoms with van der Waals surface area (Å²) in [6, 6.07) is 10.1. The number of aromatic nitrogens is 1. The molecule has 0 spiro atoms. The van der Waals surface area contributed by atoms with Crippen LogP contribution in [-0.2, 0) is 0 Å². The van der Waals surface area contributed by atoms with E-state index in [1.165, 1.54) is 6.07 Å². The zero-order chi connectivity index (χ0) is 21.3. The number of pyridine rings is 1. The Balaban J connectivity index is 1.40. The first-order valence-electron chi connectivity index (χ1n) is 9.85. The van der Waals surface area contributed by atoms with Gasteiger partial charge < -0.3 is 25.6 Å². The number of aliphatic imine (C=N–C) groups is 1. The summed E-state index contributed by atoms with van der Waals surface area (Å²) in [5.74, 6) is 1.27. The molecule has 2 heterocycles. The van der Waals surface area contributed by atoms with E-state index in [-0.39, 0.29) is 17.8 Å². The Labute approximate surface area is 175 Å². The average Bonchev–Trinajstić information content (AvgIpc) is 3.24. The van der Waals surface area contributed by atoms with Crippen molar-refractivity contribution in [2.45, 2.75) is 12.5 Å². The van der Waals surface area contributed by atoms with Crippen LogP contribution in [0.5, 0.6) is 5.75 Å². The summed E-state index contributed by atoms with van der Waals surface area (Å²) < 4.78 is 19.0. The zero-order valence-corrected chi connectivity index (χ0v) is 17.2. The minimum Gasteiger partial charge on any atom is -0.497 e. The Hall–Kier alpha value is -3.36. The first kappa shape index (κ1) is 21.4. The maximum absolute atomic E-state index is 13.9. The molecule has 3 N–H and O–H groups in total. The number of nitrogens with one attached hydrogen (secondary N) is 3. The molecule has 9 heteroatoms. The van der Waals surface area contributed by atoms with Crippen molar-refractivity contribution in [2.75, 3.05) is 45.2 Å². The molecule has 1 saturated heterocycles. The Morgan fingerprint density at radius 2 is 2.03 bits per heavy atom. The van der Waals surface area contributed by atoms with E-state index in [9.17, 15) is 9.18 Å². The van der Waals surface area contributed by atoms with Gasteiger partial charge in [-0.1, -0.05) is 0 Å². The summed E-state index contributed by atoms with van der Waals surface area (Å²) in [5.41, 5.74) is 0.575. The number of anilines is 1. The molecule has 2 aromatic rings. The Bertz CT molecular complexity index is 874. The molecule has 1 aliphatic heterocycles. The van der Waals surface area contributed by atoms with Crippen LogP contribution >= 0.6 is 0 Å². The van der Waals surface area contributed by atoms with Gasteiger partial charge in [0.05, 0.1) is 7.11 Å². The zero-order valence-electron chi connectivity index (χ0n) is 17.2. The lowest BCUT2D eigenvalue weighted by molar-refractivity contribution is 0.0954. The van der Waals surface area contributed by atoms with Crippen molar-refractivity contribution < 1.29 is 13.9 Å². The van der Waals surface area contributed by atoms with E-state index in [1.54, 1.807) is 50.7 Å². The van der Waals surface area contributed by atoms with Crippen LogP contribution in [0.2, 0.25) is 0 Å². The van der Waals surface area contributed by atoms with Crippen molar-refractivity contribution in [3.05, 3.63) is 54.0 Å². The first-order valence-corrected chi connectivity index (χ1v) is 9.85. The number of ether oxygens (including phenoxy) is 1. The largest absolute Gasteiger partial charge is 0.497 e. The molecule has 1 fully saturated rings. The third-order valence-corrected chi connectivity index (χ3v) is 4.85. The van der Waals surface area contributed by atoms with Crippen LogP contribution in [0, 0.1) is 5.82 Å². The van der Waals surface area contributed by atoms with Crippen molar-refractivity contribution in [3.63, 3.8) is 0 Å². The summed E-state index contributed by atoms with van der Waals surface area (Å²) in [6.07, 6.45) is 2.45. The third kappa shape index (κ3) is 5.59. The van der Waals surface area contributed by atoms with Crippen LogP contribution in [0.3, 0.4) is 0 Å². The van der Waals surface area contributed by atoms with E-state index >= 15 is 0 Å². The van der Waals surface area contributed by atoms with E-state index in [4.69, 9.17) is 4.74 Å². The van der Waals surface area contributed by atoms with Gasteiger partial charge in [-0.15, -0.1) is 0 Å². The molecule has 0 radical (unpaired) electrons. The van der Waals surface area contributed by atoms with E-state index in [0.29, 0.717) is 42.7 Å². The smallest absolute Gasteiger partial charge is 0.251 e. The fraction of sp³-hybridized carbons (Fsp3) is 0.381. The number of amides is 1. The molecule has 160 valence electrons. The number of rotatable bonds is 7. The van der Waals surface area contributed by atoms with Crippen molar-refractivity contribution in [1.82, 2.24) is 20.9 Å². The van der Waals surface area contributed by atoms with Gasteiger partial charge in [0.2, 0.25) is 0 Å². The summed E-state index contributed by atoms with van der Waals surface area (Å²) in [5, 5.41) is 9.38. The molecule has 30 heavy (non-hydrogen) atoms. The normalized spacial score (nSPS) is 16.3. The Morgan fingerprint density at radius 3 is 2.73 bits per heavy atom. The van der Waals surface area contributed by atoms with E-state index < -0.39 is 0 Å². The SMILES string of the molecule is CN=C(NCCNC(=O)c1ccc(OC)cc1)NC1CCN(c2ncccc2F)C1. The third-order valence-electron chi connectivity index (χ3n) is 4.85. The Kier molecular flexibility index (Phi) is 7.42. The average molecular weight is 414 g/mol. The molecular weight excluding hydrogens is 387 g/mol. The van der Waals surface area contributed by atoms with Gasteiger partial charge in [-0.25, -0.2) is 9.37 Å². The first-order chi connectivity index (χ1) is 14.6. The van der Waals surface area contributed by atoms with Crippen molar-refractivity contribution >= 4 is 17.7 Å². The second-order valence-corrected chi connectivity index (χ2v) is 6.87. The molecule has 3 rings (SSSR count).